The van der Waals surface area contributed by atoms with Crippen LogP contribution in [0.1, 0.15) is 28.6 Å². The SMILES string of the molecule is CCc1oc2cc(S(=O)(=O)Nc3ccccc3)ccc2c1C(=O)c1cc(Br)c(O)c(Br)c1. The van der Waals surface area contributed by atoms with Gasteiger partial charge in [0.15, 0.2) is 5.78 Å². The molecule has 3 aromatic carbocycles. The first-order valence-electron chi connectivity index (χ1n) is 9.57. The fraction of sp³-hybridized carbons (Fsp3) is 0.0870. The Morgan fingerprint density at radius 1 is 1.03 bits per heavy atom. The molecule has 4 aromatic rings. The van der Waals surface area contributed by atoms with Crippen molar-refractivity contribution in [3.63, 3.8) is 0 Å². The number of furan rings is 1. The summed E-state index contributed by atoms with van der Waals surface area (Å²) in [4.78, 5) is 13.4. The summed E-state index contributed by atoms with van der Waals surface area (Å²) in [6.45, 7) is 1.85. The van der Waals surface area contributed by atoms with Crippen molar-refractivity contribution in [1.29, 1.82) is 0 Å². The van der Waals surface area contributed by atoms with Gasteiger partial charge >= 0.3 is 0 Å². The van der Waals surface area contributed by atoms with Crippen molar-refractivity contribution in [2.24, 2.45) is 0 Å². The predicted octanol–water partition coefficient (Wildman–Crippen LogP) is 6.26. The number of benzene rings is 3. The summed E-state index contributed by atoms with van der Waals surface area (Å²) in [7, 11) is -3.84. The van der Waals surface area contributed by atoms with Gasteiger partial charge in [0.2, 0.25) is 0 Å². The maximum Gasteiger partial charge on any atom is 0.262 e. The number of phenolic OH excluding ortho intramolecular Hbond substituents is 1. The van der Waals surface area contributed by atoms with Crippen LogP contribution in [0.3, 0.4) is 0 Å². The summed E-state index contributed by atoms with van der Waals surface area (Å²) in [6.07, 6.45) is 0.445. The lowest BCUT2D eigenvalue weighted by Gasteiger charge is -2.08. The molecule has 9 heteroatoms. The largest absolute Gasteiger partial charge is 0.506 e. The number of carbonyl (C=O) groups is 1. The van der Waals surface area contributed by atoms with E-state index in [2.05, 4.69) is 36.6 Å². The standard InChI is InChI=1S/C23H17Br2NO5S/c1-2-19-21(22(27)13-10-17(24)23(28)18(25)11-13)16-9-8-15(12-20(16)31-19)32(29,30)26-14-6-4-3-5-7-14/h3-12,26,28H,2H2,1H3. The van der Waals surface area contributed by atoms with Crippen LogP contribution < -0.4 is 4.72 Å². The van der Waals surface area contributed by atoms with Gasteiger partial charge in [0.1, 0.15) is 17.1 Å². The van der Waals surface area contributed by atoms with Crippen molar-refractivity contribution in [3.05, 3.63) is 86.5 Å². The van der Waals surface area contributed by atoms with Crippen molar-refractivity contribution < 1.29 is 22.7 Å². The number of hydrogen-bond donors (Lipinski definition) is 2. The van der Waals surface area contributed by atoms with Gasteiger partial charge < -0.3 is 9.52 Å². The van der Waals surface area contributed by atoms with E-state index >= 15 is 0 Å². The van der Waals surface area contributed by atoms with Crippen LogP contribution in [0.15, 0.2) is 78.9 Å². The summed E-state index contributed by atoms with van der Waals surface area (Å²) in [5.41, 5.74) is 1.46. The van der Waals surface area contributed by atoms with Gasteiger partial charge in [0, 0.05) is 29.1 Å². The minimum atomic E-state index is -3.84. The molecule has 0 amide bonds. The number of nitrogens with one attached hydrogen (secondary N) is 1. The average molecular weight is 579 g/mol. The number of aromatic hydroxyl groups is 1. The minimum absolute atomic E-state index is 0.00455. The monoisotopic (exact) mass is 577 g/mol. The number of rotatable bonds is 6. The Labute approximate surface area is 201 Å². The molecule has 0 radical (unpaired) electrons. The van der Waals surface area contributed by atoms with Crippen LogP contribution in [0.25, 0.3) is 11.0 Å². The van der Waals surface area contributed by atoms with Gasteiger partial charge in [0.25, 0.3) is 10.0 Å². The smallest absolute Gasteiger partial charge is 0.262 e. The first kappa shape index (κ1) is 22.6. The maximum absolute atomic E-state index is 13.3. The number of carbonyl (C=O) groups excluding carboxylic acids is 1. The topological polar surface area (TPSA) is 96.6 Å². The molecule has 0 bridgehead atoms. The van der Waals surface area contributed by atoms with Crippen LogP contribution in [0, 0.1) is 0 Å². The van der Waals surface area contributed by atoms with Crippen LogP contribution in [-0.2, 0) is 16.4 Å². The Morgan fingerprint density at radius 2 is 1.69 bits per heavy atom. The molecule has 0 fully saturated rings. The first-order valence-corrected chi connectivity index (χ1v) is 12.6. The van der Waals surface area contributed by atoms with Crippen LogP contribution >= 0.6 is 31.9 Å². The third-order valence-electron chi connectivity index (χ3n) is 4.90. The van der Waals surface area contributed by atoms with Gasteiger partial charge in [-0.3, -0.25) is 9.52 Å². The summed E-state index contributed by atoms with van der Waals surface area (Å²) in [5, 5.41) is 10.5. The quantitative estimate of drug-likeness (QED) is 0.263. The zero-order valence-electron chi connectivity index (χ0n) is 16.7. The van der Waals surface area contributed by atoms with Crippen molar-refractivity contribution in [2.75, 3.05) is 4.72 Å². The maximum atomic E-state index is 13.3. The number of hydrogen-bond acceptors (Lipinski definition) is 5. The van der Waals surface area contributed by atoms with Crippen LogP contribution in [-0.4, -0.2) is 19.3 Å². The van der Waals surface area contributed by atoms with Crippen LogP contribution in [0.5, 0.6) is 5.75 Å². The highest BCUT2D eigenvalue weighted by molar-refractivity contribution is 9.11. The number of sulfonamides is 1. The molecule has 1 aromatic heterocycles. The zero-order chi connectivity index (χ0) is 23.0. The summed E-state index contributed by atoms with van der Waals surface area (Å²) in [6, 6.07) is 16.1. The Morgan fingerprint density at radius 3 is 2.31 bits per heavy atom. The van der Waals surface area contributed by atoms with E-state index in [1.54, 1.807) is 36.4 Å². The van der Waals surface area contributed by atoms with Crippen molar-refractivity contribution >= 4 is 64.3 Å². The molecule has 0 spiro atoms. The highest BCUT2D eigenvalue weighted by atomic mass is 79.9. The molecule has 2 N–H and O–H groups in total. The number of ketones is 1. The number of aryl methyl sites for hydroxylation is 1. The summed E-state index contributed by atoms with van der Waals surface area (Å²) >= 11 is 6.49. The zero-order valence-corrected chi connectivity index (χ0v) is 20.7. The van der Waals surface area contributed by atoms with E-state index in [1.807, 2.05) is 6.92 Å². The van der Waals surface area contributed by atoms with Gasteiger partial charge in [-0.2, -0.15) is 0 Å². The molecule has 0 aliphatic rings. The second kappa shape index (κ2) is 8.73. The molecule has 4 rings (SSSR count). The Kier molecular flexibility index (Phi) is 6.15. The fourth-order valence-corrected chi connectivity index (χ4v) is 5.61. The molecular weight excluding hydrogens is 562 g/mol. The molecule has 164 valence electrons. The molecule has 6 nitrogen and oxygen atoms in total. The average Bonchev–Trinajstić information content (AvgIpc) is 3.15. The molecule has 0 aliphatic carbocycles. The fourth-order valence-electron chi connectivity index (χ4n) is 3.35. The van der Waals surface area contributed by atoms with E-state index in [4.69, 9.17) is 4.42 Å². The summed E-state index contributed by atoms with van der Waals surface area (Å²) in [5.74, 6) is 0.158. The highest BCUT2D eigenvalue weighted by Crippen LogP contribution is 2.36. The second-order valence-electron chi connectivity index (χ2n) is 7.00. The molecule has 1 heterocycles. The third kappa shape index (κ3) is 4.20. The van der Waals surface area contributed by atoms with Crippen LogP contribution in [0.2, 0.25) is 0 Å². The molecule has 0 atom stereocenters. The number of anilines is 1. The highest BCUT2D eigenvalue weighted by Gasteiger charge is 2.24. The lowest BCUT2D eigenvalue weighted by Crippen LogP contribution is -2.12. The number of halogens is 2. The lowest BCUT2D eigenvalue weighted by molar-refractivity contribution is 0.103. The Hall–Kier alpha value is -2.62. The normalized spacial score (nSPS) is 11.6. The molecule has 0 saturated heterocycles. The van der Waals surface area contributed by atoms with Gasteiger partial charge in [0.05, 0.1) is 19.4 Å². The first-order chi connectivity index (χ1) is 15.2. The summed E-state index contributed by atoms with van der Waals surface area (Å²) < 4.78 is 34.8. The predicted molar refractivity (Wildman–Crippen MR) is 130 cm³/mol. The van der Waals surface area contributed by atoms with E-state index in [0.29, 0.717) is 48.9 Å². The van der Waals surface area contributed by atoms with E-state index < -0.39 is 10.0 Å². The second-order valence-corrected chi connectivity index (χ2v) is 10.4. The molecule has 0 aliphatic heterocycles. The van der Waals surface area contributed by atoms with Crippen molar-refractivity contribution in [3.8, 4) is 5.75 Å². The molecular formula is C23H17Br2NO5S. The Balaban J connectivity index is 1.78. The van der Waals surface area contributed by atoms with Gasteiger partial charge in [-0.1, -0.05) is 25.1 Å². The van der Waals surface area contributed by atoms with Crippen LogP contribution in [0.4, 0.5) is 5.69 Å². The van der Waals surface area contributed by atoms with Crippen molar-refractivity contribution in [1.82, 2.24) is 0 Å². The van der Waals surface area contributed by atoms with E-state index in [-0.39, 0.29) is 16.4 Å². The lowest BCUT2D eigenvalue weighted by atomic mass is 9.99. The van der Waals surface area contributed by atoms with E-state index in [1.165, 1.54) is 24.3 Å². The number of phenols is 1. The van der Waals surface area contributed by atoms with E-state index in [9.17, 15) is 18.3 Å². The van der Waals surface area contributed by atoms with Gasteiger partial charge in [-0.05, 0) is 68.3 Å². The number of para-hydroxylation sites is 1. The van der Waals surface area contributed by atoms with Gasteiger partial charge in [-0.25, -0.2) is 8.42 Å². The van der Waals surface area contributed by atoms with Gasteiger partial charge in [-0.15, -0.1) is 0 Å². The van der Waals surface area contributed by atoms with Crippen molar-refractivity contribution in [2.45, 2.75) is 18.2 Å². The minimum Gasteiger partial charge on any atom is -0.506 e. The molecule has 0 saturated carbocycles. The Bertz CT molecular complexity index is 1420. The third-order valence-corrected chi connectivity index (χ3v) is 7.49. The number of fused-ring (bicyclic) bond motifs is 1. The molecule has 32 heavy (non-hydrogen) atoms. The molecule has 0 unspecified atom stereocenters. The van der Waals surface area contributed by atoms with E-state index in [0.717, 1.165) is 0 Å².